The predicted molar refractivity (Wildman–Crippen MR) is 138 cm³/mol. The first-order valence-corrected chi connectivity index (χ1v) is 14.0. The summed E-state index contributed by atoms with van der Waals surface area (Å²) in [5.41, 5.74) is 6.66. The summed E-state index contributed by atoms with van der Waals surface area (Å²) >= 11 is 0. The van der Waals surface area contributed by atoms with Crippen LogP contribution in [0.5, 0.6) is 0 Å². The number of carbonyl (C=O) groups is 3. The van der Waals surface area contributed by atoms with Crippen LogP contribution in [-0.4, -0.2) is 68.2 Å². The maximum atomic E-state index is 13.3. The van der Waals surface area contributed by atoms with Gasteiger partial charge in [-0.15, -0.1) is 0 Å². The molecule has 10 nitrogen and oxygen atoms in total. The summed E-state index contributed by atoms with van der Waals surface area (Å²) in [7, 11) is -3.82. The molecule has 3 amide bonds. The Hall–Kier alpha value is -3.28. The summed E-state index contributed by atoms with van der Waals surface area (Å²) in [4.78, 5) is 42.4. The van der Waals surface area contributed by atoms with Crippen molar-refractivity contribution in [1.82, 2.24) is 15.1 Å². The zero-order chi connectivity index (χ0) is 26.6. The van der Waals surface area contributed by atoms with E-state index in [4.69, 9.17) is 10.9 Å². The number of amides is 3. The van der Waals surface area contributed by atoms with Gasteiger partial charge in [0, 0.05) is 37.8 Å². The van der Waals surface area contributed by atoms with Crippen molar-refractivity contribution in [2.24, 2.45) is 16.8 Å². The number of hydrogen-bond acceptors (Lipinski definition) is 6. The molecule has 0 radical (unpaired) electrons. The summed E-state index contributed by atoms with van der Waals surface area (Å²) in [6.07, 6.45) is 3.55. The molecular weight excluding hydrogens is 494 g/mol. The van der Waals surface area contributed by atoms with Gasteiger partial charge >= 0.3 is 0 Å². The Kier molecular flexibility index (Phi) is 8.25. The van der Waals surface area contributed by atoms with Gasteiger partial charge in [-0.2, -0.15) is 0 Å². The van der Waals surface area contributed by atoms with E-state index in [1.807, 2.05) is 6.07 Å². The normalized spacial score (nSPS) is 21.7. The molecule has 37 heavy (non-hydrogen) atoms. The average Bonchev–Trinajstić information content (AvgIpc) is 2.91. The van der Waals surface area contributed by atoms with Crippen molar-refractivity contribution in [1.29, 1.82) is 0 Å². The Morgan fingerprint density at radius 1 is 0.892 bits per heavy atom. The van der Waals surface area contributed by atoms with Crippen molar-refractivity contribution in [2.45, 2.75) is 42.7 Å². The number of hydrogen-bond donors (Lipinski definition) is 3. The van der Waals surface area contributed by atoms with Gasteiger partial charge in [-0.1, -0.05) is 43.2 Å². The molecule has 2 aromatic rings. The maximum Gasteiger partial charge on any atom is 0.253 e. The molecule has 5 N–H and O–H groups in total. The van der Waals surface area contributed by atoms with E-state index in [0.29, 0.717) is 37.3 Å². The van der Waals surface area contributed by atoms with E-state index in [1.165, 1.54) is 24.3 Å². The van der Waals surface area contributed by atoms with Crippen molar-refractivity contribution >= 4 is 27.7 Å². The molecule has 4 rings (SSSR count). The summed E-state index contributed by atoms with van der Waals surface area (Å²) in [6.45, 7) is 2.23. The quantitative estimate of drug-likeness (QED) is 0.488. The van der Waals surface area contributed by atoms with Crippen LogP contribution in [-0.2, 0) is 19.6 Å². The fourth-order valence-corrected chi connectivity index (χ4v) is 5.81. The largest absolute Gasteiger partial charge is 0.368 e. The number of carbonyl (C=O) groups excluding carboxylic acids is 3. The molecule has 3 atom stereocenters. The van der Waals surface area contributed by atoms with Gasteiger partial charge in [-0.05, 0) is 42.7 Å². The van der Waals surface area contributed by atoms with E-state index in [0.717, 1.165) is 25.7 Å². The van der Waals surface area contributed by atoms with Crippen LogP contribution in [0.1, 0.15) is 47.6 Å². The Bertz CT molecular complexity index is 1230. The molecule has 1 saturated heterocycles. The van der Waals surface area contributed by atoms with Gasteiger partial charge in [0.05, 0.1) is 10.8 Å². The lowest BCUT2D eigenvalue weighted by Crippen LogP contribution is -2.56. The highest BCUT2D eigenvalue weighted by molar-refractivity contribution is 7.89. The second kappa shape index (κ2) is 11.4. The fraction of sp³-hybridized carbons (Fsp3) is 0.423. The molecule has 1 aliphatic carbocycles. The third kappa shape index (κ3) is 6.35. The number of primary sulfonamides is 1. The Balaban J connectivity index is 1.39. The molecule has 0 unspecified atom stereocenters. The third-order valence-corrected chi connectivity index (χ3v) is 8.20. The highest BCUT2D eigenvalue weighted by atomic mass is 32.2. The van der Waals surface area contributed by atoms with Crippen LogP contribution >= 0.6 is 0 Å². The highest BCUT2D eigenvalue weighted by Crippen LogP contribution is 2.30. The number of primary amides is 1. The first kappa shape index (κ1) is 26.8. The Morgan fingerprint density at radius 3 is 2.11 bits per heavy atom. The Labute approximate surface area is 217 Å². The van der Waals surface area contributed by atoms with Crippen LogP contribution in [0.25, 0.3) is 0 Å². The van der Waals surface area contributed by atoms with Gasteiger partial charge in [0.2, 0.25) is 21.8 Å². The number of benzene rings is 2. The predicted octanol–water partition coefficient (Wildman–Crippen LogP) is 0.993. The minimum Gasteiger partial charge on any atom is -0.368 e. The van der Waals surface area contributed by atoms with Gasteiger partial charge in [-0.25, -0.2) is 13.6 Å². The molecule has 0 spiro atoms. The second-order valence-electron chi connectivity index (χ2n) is 9.61. The Morgan fingerprint density at radius 2 is 1.51 bits per heavy atom. The first-order chi connectivity index (χ1) is 17.6. The van der Waals surface area contributed by atoms with Crippen molar-refractivity contribution in [3.05, 3.63) is 65.7 Å². The molecule has 2 fully saturated rings. The topological polar surface area (TPSA) is 156 Å². The zero-order valence-electron chi connectivity index (χ0n) is 20.6. The monoisotopic (exact) mass is 527 g/mol. The van der Waals surface area contributed by atoms with E-state index in [2.05, 4.69) is 10.2 Å². The van der Waals surface area contributed by atoms with E-state index >= 15 is 0 Å². The molecule has 198 valence electrons. The molecule has 2 aliphatic rings. The number of nitrogens with two attached hydrogens (primary N) is 2. The third-order valence-electron chi connectivity index (χ3n) is 7.27. The standard InChI is InChI=1S/C26H33N5O5S/c27-24(32)23(18-6-2-1-3-7-18)29-25(33)21-8-4-5-9-22(21)30-14-16-31(17-15-30)26(34)19-10-12-20(13-11-19)37(28,35)36/h1-3,6-7,10-13,21-23H,4-5,8-9,14-17H2,(H2,27,32)(H,29,33)(H2,28,35,36)/t21-,22-,23+/m1/s1. The van der Waals surface area contributed by atoms with Gasteiger partial charge in [0.25, 0.3) is 5.91 Å². The van der Waals surface area contributed by atoms with Crippen LogP contribution in [0.15, 0.2) is 59.5 Å². The first-order valence-electron chi connectivity index (χ1n) is 12.5. The van der Waals surface area contributed by atoms with E-state index in [-0.39, 0.29) is 28.7 Å². The zero-order valence-corrected chi connectivity index (χ0v) is 21.4. The molecule has 0 bridgehead atoms. The molecule has 1 heterocycles. The van der Waals surface area contributed by atoms with Crippen LogP contribution in [0, 0.1) is 5.92 Å². The van der Waals surface area contributed by atoms with Crippen LogP contribution in [0.4, 0.5) is 0 Å². The summed E-state index contributed by atoms with van der Waals surface area (Å²) in [5.74, 6) is -1.22. The second-order valence-corrected chi connectivity index (χ2v) is 11.2. The number of sulfonamides is 1. The van der Waals surface area contributed by atoms with Crippen molar-refractivity contribution in [2.75, 3.05) is 26.2 Å². The number of nitrogens with one attached hydrogen (secondary N) is 1. The minimum absolute atomic E-state index is 0.0179. The van der Waals surface area contributed by atoms with Crippen LogP contribution in [0.2, 0.25) is 0 Å². The fourth-order valence-electron chi connectivity index (χ4n) is 5.29. The van der Waals surface area contributed by atoms with Crippen LogP contribution < -0.4 is 16.2 Å². The van der Waals surface area contributed by atoms with E-state index in [1.54, 1.807) is 29.2 Å². The van der Waals surface area contributed by atoms with Gasteiger partial charge in [-0.3, -0.25) is 19.3 Å². The lowest BCUT2D eigenvalue weighted by atomic mass is 9.82. The molecule has 2 aromatic carbocycles. The molecule has 11 heteroatoms. The van der Waals surface area contributed by atoms with E-state index in [9.17, 15) is 22.8 Å². The van der Waals surface area contributed by atoms with E-state index < -0.39 is 22.0 Å². The van der Waals surface area contributed by atoms with Gasteiger partial charge < -0.3 is 16.0 Å². The summed E-state index contributed by atoms with van der Waals surface area (Å²) < 4.78 is 22.9. The van der Waals surface area contributed by atoms with Gasteiger partial charge in [0.1, 0.15) is 6.04 Å². The highest BCUT2D eigenvalue weighted by Gasteiger charge is 2.38. The van der Waals surface area contributed by atoms with Crippen molar-refractivity contribution in [3.63, 3.8) is 0 Å². The minimum atomic E-state index is -3.82. The molecule has 1 aliphatic heterocycles. The smallest absolute Gasteiger partial charge is 0.253 e. The number of piperazine rings is 1. The van der Waals surface area contributed by atoms with Crippen molar-refractivity contribution in [3.8, 4) is 0 Å². The van der Waals surface area contributed by atoms with Crippen LogP contribution in [0.3, 0.4) is 0 Å². The number of nitrogens with zero attached hydrogens (tertiary/aromatic N) is 2. The lowest BCUT2D eigenvalue weighted by molar-refractivity contribution is -0.133. The van der Waals surface area contributed by atoms with Gasteiger partial charge in [0.15, 0.2) is 0 Å². The van der Waals surface area contributed by atoms with Crippen molar-refractivity contribution < 1.29 is 22.8 Å². The molecular formula is C26H33N5O5S. The number of rotatable bonds is 7. The maximum absolute atomic E-state index is 13.3. The molecule has 1 saturated carbocycles. The summed E-state index contributed by atoms with van der Waals surface area (Å²) in [6, 6.07) is 13.7. The summed E-state index contributed by atoms with van der Waals surface area (Å²) in [5, 5.41) is 8.01. The lowest BCUT2D eigenvalue weighted by Gasteiger charge is -2.44. The average molecular weight is 528 g/mol. The SMILES string of the molecule is NC(=O)[C@@H](NC(=O)[C@@H]1CCCC[C@H]1N1CCN(C(=O)c2ccc(S(N)(=O)=O)cc2)CC1)c1ccccc1. The molecule has 0 aromatic heterocycles.